The first-order chi connectivity index (χ1) is 9.04. The summed E-state index contributed by atoms with van der Waals surface area (Å²) < 4.78 is 1.77. The first-order valence-corrected chi connectivity index (χ1v) is 7.11. The van der Waals surface area contributed by atoms with E-state index in [9.17, 15) is 4.79 Å². The number of piperidine rings is 1. The minimum absolute atomic E-state index is 0.0365. The molecule has 1 amide bonds. The van der Waals surface area contributed by atoms with Gasteiger partial charge in [-0.15, -0.1) is 0 Å². The summed E-state index contributed by atoms with van der Waals surface area (Å²) in [6.07, 6.45) is 4.62. The first kappa shape index (κ1) is 12.7. The molecule has 1 aromatic rings. The second-order valence-electron chi connectivity index (χ2n) is 5.95. The second kappa shape index (κ2) is 4.63. The number of carbonyl (C=O) groups excluding carboxylic acids is 1. The van der Waals surface area contributed by atoms with Crippen LogP contribution in [0.1, 0.15) is 47.4 Å². The van der Waals surface area contributed by atoms with Gasteiger partial charge in [0, 0.05) is 30.9 Å². The molecule has 2 aliphatic rings. The summed E-state index contributed by atoms with van der Waals surface area (Å²) in [5.41, 5.74) is 2.50. The molecule has 0 aromatic carbocycles. The molecule has 0 radical (unpaired) electrons. The van der Waals surface area contributed by atoms with E-state index < -0.39 is 0 Å². The highest BCUT2D eigenvalue weighted by molar-refractivity contribution is 5.96. The van der Waals surface area contributed by atoms with Gasteiger partial charge in [0.05, 0.1) is 11.3 Å². The predicted molar refractivity (Wildman–Crippen MR) is 73.1 cm³/mol. The van der Waals surface area contributed by atoms with Crippen molar-refractivity contribution in [3.8, 4) is 0 Å². The molecule has 2 saturated heterocycles. The van der Waals surface area contributed by atoms with Crippen LogP contribution in [0.3, 0.4) is 0 Å². The smallest absolute Gasteiger partial charge is 0.255 e. The summed E-state index contributed by atoms with van der Waals surface area (Å²) in [7, 11) is 1.88. The van der Waals surface area contributed by atoms with Crippen LogP contribution in [0, 0.1) is 13.8 Å². The van der Waals surface area contributed by atoms with Crippen molar-refractivity contribution in [2.75, 3.05) is 0 Å². The number of hydrogen-bond donors (Lipinski definition) is 2. The molecule has 19 heavy (non-hydrogen) atoms. The van der Waals surface area contributed by atoms with Crippen molar-refractivity contribution in [2.45, 2.75) is 57.7 Å². The van der Waals surface area contributed by atoms with E-state index in [0.29, 0.717) is 18.1 Å². The summed E-state index contributed by atoms with van der Waals surface area (Å²) in [4.78, 5) is 12.4. The number of rotatable bonds is 2. The zero-order chi connectivity index (χ0) is 13.6. The van der Waals surface area contributed by atoms with Crippen molar-refractivity contribution in [1.82, 2.24) is 20.4 Å². The van der Waals surface area contributed by atoms with Crippen LogP contribution in [0.15, 0.2) is 0 Å². The summed E-state index contributed by atoms with van der Waals surface area (Å²) in [5, 5.41) is 11.1. The van der Waals surface area contributed by atoms with E-state index in [0.717, 1.165) is 29.8 Å². The molecule has 5 heteroatoms. The molecule has 2 bridgehead atoms. The van der Waals surface area contributed by atoms with E-state index >= 15 is 0 Å². The lowest BCUT2D eigenvalue weighted by atomic mass is 9.99. The topological polar surface area (TPSA) is 59.0 Å². The third-order valence-electron chi connectivity index (χ3n) is 4.54. The van der Waals surface area contributed by atoms with E-state index in [2.05, 4.69) is 15.7 Å². The second-order valence-corrected chi connectivity index (χ2v) is 5.95. The van der Waals surface area contributed by atoms with E-state index in [1.54, 1.807) is 4.68 Å². The summed E-state index contributed by atoms with van der Waals surface area (Å²) in [6.45, 7) is 3.84. The number of amides is 1. The Kier molecular flexibility index (Phi) is 3.09. The lowest BCUT2D eigenvalue weighted by molar-refractivity contribution is 0.0922. The lowest BCUT2D eigenvalue weighted by Crippen LogP contribution is -2.48. The van der Waals surface area contributed by atoms with Crippen LogP contribution in [0.4, 0.5) is 0 Å². The Hall–Kier alpha value is -1.36. The van der Waals surface area contributed by atoms with Crippen LogP contribution < -0.4 is 10.6 Å². The number of fused-ring (bicyclic) bond motifs is 2. The number of nitrogens with zero attached hydrogens (tertiary/aromatic N) is 2. The summed E-state index contributed by atoms with van der Waals surface area (Å²) >= 11 is 0. The van der Waals surface area contributed by atoms with Gasteiger partial charge < -0.3 is 10.6 Å². The molecule has 0 spiro atoms. The summed E-state index contributed by atoms with van der Waals surface area (Å²) in [5.74, 6) is 0.0365. The minimum Gasteiger partial charge on any atom is -0.349 e. The maximum absolute atomic E-state index is 12.4. The molecular weight excluding hydrogens is 240 g/mol. The van der Waals surface area contributed by atoms with E-state index in [1.807, 2.05) is 20.9 Å². The minimum atomic E-state index is 0.0365. The van der Waals surface area contributed by atoms with Crippen LogP contribution >= 0.6 is 0 Å². The molecule has 2 atom stereocenters. The van der Waals surface area contributed by atoms with E-state index in [-0.39, 0.29) is 5.91 Å². The van der Waals surface area contributed by atoms with Crippen molar-refractivity contribution in [3.63, 3.8) is 0 Å². The number of aromatic nitrogens is 2. The quantitative estimate of drug-likeness (QED) is 0.837. The third-order valence-corrected chi connectivity index (χ3v) is 4.54. The van der Waals surface area contributed by atoms with Gasteiger partial charge in [-0.25, -0.2) is 0 Å². The van der Waals surface area contributed by atoms with Crippen molar-refractivity contribution < 1.29 is 4.79 Å². The Morgan fingerprint density at radius 1 is 1.32 bits per heavy atom. The number of aryl methyl sites for hydroxylation is 2. The molecule has 104 valence electrons. The Balaban J connectivity index is 1.71. The van der Waals surface area contributed by atoms with Gasteiger partial charge in [0.25, 0.3) is 5.91 Å². The maximum atomic E-state index is 12.4. The fourth-order valence-corrected chi connectivity index (χ4v) is 3.53. The molecule has 3 heterocycles. The van der Waals surface area contributed by atoms with Crippen molar-refractivity contribution >= 4 is 5.91 Å². The maximum Gasteiger partial charge on any atom is 0.255 e. The fourth-order valence-electron chi connectivity index (χ4n) is 3.53. The molecule has 2 fully saturated rings. The zero-order valence-corrected chi connectivity index (χ0v) is 11.9. The average molecular weight is 262 g/mol. The normalized spacial score (nSPS) is 29.5. The standard InChI is InChI=1S/C14H22N4O/c1-8-13(9(2)18(3)17-8)14(19)16-12-6-10-4-5-11(7-12)15-10/h10-12,15H,4-7H2,1-3H3,(H,16,19). The molecule has 2 aliphatic heterocycles. The van der Waals surface area contributed by atoms with Crippen LogP contribution in [-0.4, -0.2) is 33.8 Å². The zero-order valence-electron chi connectivity index (χ0n) is 11.9. The molecule has 5 nitrogen and oxygen atoms in total. The predicted octanol–water partition coefficient (Wildman–Crippen LogP) is 1.05. The van der Waals surface area contributed by atoms with Gasteiger partial charge in [0.1, 0.15) is 0 Å². The van der Waals surface area contributed by atoms with Crippen molar-refractivity contribution in [1.29, 1.82) is 0 Å². The molecule has 0 aliphatic carbocycles. The lowest BCUT2D eigenvalue weighted by Gasteiger charge is -2.29. The molecule has 3 rings (SSSR count). The van der Waals surface area contributed by atoms with Gasteiger partial charge in [0.15, 0.2) is 0 Å². The Labute approximate surface area is 113 Å². The number of carbonyl (C=O) groups is 1. The highest BCUT2D eigenvalue weighted by Crippen LogP contribution is 2.27. The van der Waals surface area contributed by atoms with Gasteiger partial charge in [-0.2, -0.15) is 5.10 Å². The van der Waals surface area contributed by atoms with Crippen molar-refractivity contribution in [3.05, 3.63) is 17.0 Å². The van der Waals surface area contributed by atoms with Crippen LogP contribution in [0.25, 0.3) is 0 Å². The SMILES string of the molecule is Cc1nn(C)c(C)c1C(=O)NC1CC2CCC(C1)N2. The van der Waals surface area contributed by atoms with E-state index in [1.165, 1.54) is 12.8 Å². The highest BCUT2D eigenvalue weighted by Gasteiger charge is 2.34. The van der Waals surface area contributed by atoms with Gasteiger partial charge in [-0.05, 0) is 39.5 Å². The molecular formula is C14H22N4O. The highest BCUT2D eigenvalue weighted by atomic mass is 16.1. The van der Waals surface area contributed by atoms with Gasteiger partial charge >= 0.3 is 0 Å². The van der Waals surface area contributed by atoms with Gasteiger partial charge in [-0.3, -0.25) is 9.48 Å². The van der Waals surface area contributed by atoms with Crippen molar-refractivity contribution in [2.24, 2.45) is 7.05 Å². The fraction of sp³-hybridized carbons (Fsp3) is 0.714. The molecule has 2 N–H and O–H groups in total. The van der Waals surface area contributed by atoms with Crippen LogP contribution in [0.2, 0.25) is 0 Å². The summed E-state index contributed by atoms with van der Waals surface area (Å²) in [6, 6.07) is 1.51. The third kappa shape index (κ3) is 2.27. The van der Waals surface area contributed by atoms with Crippen LogP contribution in [-0.2, 0) is 7.05 Å². The Bertz CT molecular complexity index is 496. The number of nitrogens with one attached hydrogen (secondary N) is 2. The van der Waals surface area contributed by atoms with Crippen LogP contribution in [0.5, 0.6) is 0 Å². The number of hydrogen-bond acceptors (Lipinski definition) is 3. The first-order valence-electron chi connectivity index (χ1n) is 7.11. The largest absolute Gasteiger partial charge is 0.349 e. The Morgan fingerprint density at radius 2 is 1.95 bits per heavy atom. The van der Waals surface area contributed by atoms with Gasteiger partial charge in [-0.1, -0.05) is 0 Å². The Morgan fingerprint density at radius 3 is 2.47 bits per heavy atom. The van der Waals surface area contributed by atoms with E-state index in [4.69, 9.17) is 0 Å². The average Bonchev–Trinajstić information content (AvgIpc) is 2.80. The monoisotopic (exact) mass is 262 g/mol. The molecule has 1 aromatic heterocycles. The molecule has 2 unspecified atom stereocenters. The van der Waals surface area contributed by atoms with Gasteiger partial charge in [0.2, 0.25) is 0 Å². The molecule has 0 saturated carbocycles.